The summed E-state index contributed by atoms with van der Waals surface area (Å²) in [5.74, 6) is 0.664. The van der Waals surface area contributed by atoms with Gasteiger partial charge in [-0.3, -0.25) is 4.79 Å². The van der Waals surface area contributed by atoms with Gasteiger partial charge < -0.3 is 15.5 Å². The van der Waals surface area contributed by atoms with Crippen LogP contribution in [0.1, 0.15) is 48.0 Å². The molecular formula is C15H31N3O. The molecule has 2 N–H and O–H groups in total. The van der Waals surface area contributed by atoms with E-state index in [0.717, 1.165) is 13.0 Å². The van der Waals surface area contributed by atoms with Crippen LogP contribution >= 0.6 is 0 Å². The molecule has 4 heteroatoms. The van der Waals surface area contributed by atoms with E-state index in [1.54, 1.807) is 0 Å². The molecular weight excluding hydrogens is 238 g/mol. The highest BCUT2D eigenvalue weighted by molar-refractivity contribution is 5.81. The molecule has 112 valence electrons. The van der Waals surface area contributed by atoms with Gasteiger partial charge in [0.2, 0.25) is 5.91 Å². The number of hydrogen-bond acceptors (Lipinski definition) is 3. The van der Waals surface area contributed by atoms with Crippen LogP contribution in [-0.2, 0) is 4.79 Å². The number of hydrogen-bond donors (Lipinski definition) is 2. The van der Waals surface area contributed by atoms with Crippen molar-refractivity contribution >= 4 is 5.91 Å². The lowest BCUT2D eigenvalue weighted by Crippen LogP contribution is -2.57. The van der Waals surface area contributed by atoms with Crippen molar-refractivity contribution in [1.29, 1.82) is 0 Å². The highest BCUT2D eigenvalue weighted by Gasteiger charge is 2.31. The molecule has 1 saturated heterocycles. The minimum absolute atomic E-state index is 0.0891. The fourth-order valence-corrected chi connectivity index (χ4v) is 2.65. The Bertz CT molecular complexity index is 311. The molecule has 0 saturated carbocycles. The van der Waals surface area contributed by atoms with Crippen LogP contribution < -0.4 is 10.6 Å². The molecule has 4 nitrogen and oxygen atoms in total. The number of likely N-dealkylation sites (tertiary alicyclic amines) is 1. The molecule has 0 aliphatic carbocycles. The zero-order chi connectivity index (χ0) is 14.8. The molecule has 0 radical (unpaired) electrons. The maximum absolute atomic E-state index is 12.1. The van der Waals surface area contributed by atoms with Gasteiger partial charge in [-0.1, -0.05) is 6.92 Å². The van der Waals surface area contributed by atoms with Gasteiger partial charge in [-0.05, 0) is 54.0 Å². The first-order chi connectivity index (χ1) is 8.60. The molecule has 0 aromatic rings. The van der Waals surface area contributed by atoms with E-state index in [4.69, 9.17) is 0 Å². The van der Waals surface area contributed by atoms with E-state index in [1.807, 2.05) is 27.7 Å². The minimum atomic E-state index is -0.168. The Kier molecular flexibility index (Phi) is 5.39. The standard InChI is InChI=1S/C15H31N3O/c1-10-9-18(7)11(2)8-13(10)16-12(3)14(19)17-15(4,5)6/h10-13,16H,8-9H2,1-7H3,(H,17,19). The first kappa shape index (κ1) is 16.4. The summed E-state index contributed by atoms with van der Waals surface area (Å²) in [6, 6.07) is 0.862. The Balaban J connectivity index is 2.52. The second kappa shape index (κ2) is 6.23. The van der Waals surface area contributed by atoms with Gasteiger partial charge in [0, 0.05) is 24.2 Å². The van der Waals surface area contributed by atoms with Gasteiger partial charge in [-0.25, -0.2) is 0 Å². The summed E-state index contributed by atoms with van der Waals surface area (Å²) in [5, 5.41) is 6.53. The zero-order valence-electron chi connectivity index (χ0n) is 13.6. The maximum Gasteiger partial charge on any atom is 0.237 e. The van der Waals surface area contributed by atoms with Crippen LogP contribution in [0.2, 0.25) is 0 Å². The van der Waals surface area contributed by atoms with Crippen LogP contribution in [0, 0.1) is 5.92 Å². The van der Waals surface area contributed by atoms with Crippen LogP contribution in [0.3, 0.4) is 0 Å². The van der Waals surface area contributed by atoms with Crippen molar-refractivity contribution in [3.8, 4) is 0 Å². The molecule has 1 rings (SSSR count). The molecule has 1 aliphatic heterocycles. The Labute approximate surface area is 118 Å². The number of nitrogens with one attached hydrogen (secondary N) is 2. The number of rotatable bonds is 3. The SMILES string of the molecule is CC(NC1CC(C)N(C)CC1C)C(=O)NC(C)(C)C. The van der Waals surface area contributed by atoms with Crippen molar-refractivity contribution in [3.63, 3.8) is 0 Å². The smallest absolute Gasteiger partial charge is 0.237 e. The molecule has 1 amide bonds. The van der Waals surface area contributed by atoms with Crippen LogP contribution in [0.5, 0.6) is 0 Å². The van der Waals surface area contributed by atoms with Gasteiger partial charge in [-0.15, -0.1) is 0 Å². The molecule has 1 fully saturated rings. The largest absolute Gasteiger partial charge is 0.350 e. The van der Waals surface area contributed by atoms with E-state index in [2.05, 4.69) is 36.4 Å². The zero-order valence-corrected chi connectivity index (χ0v) is 13.6. The second-order valence-electron chi connectivity index (χ2n) is 7.24. The lowest BCUT2D eigenvalue weighted by molar-refractivity contribution is -0.124. The van der Waals surface area contributed by atoms with E-state index >= 15 is 0 Å². The highest BCUT2D eigenvalue weighted by Crippen LogP contribution is 2.21. The predicted octanol–water partition coefficient (Wildman–Crippen LogP) is 1.61. The van der Waals surface area contributed by atoms with Crippen LogP contribution in [0.15, 0.2) is 0 Å². The molecule has 0 bridgehead atoms. The van der Waals surface area contributed by atoms with Gasteiger partial charge in [-0.2, -0.15) is 0 Å². The number of piperidine rings is 1. The van der Waals surface area contributed by atoms with Gasteiger partial charge >= 0.3 is 0 Å². The summed E-state index contributed by atoms with van der Waals surface area (Å²) in [6.45, 7) is 13.6. The molecule has 19 heavy (non-hydrogen) atoms. The molecule has 0 spiro atoms. The van der Waals surface area contributed by atoms with Crippen molar-refractivity contribution in [2.24, 2.45) is 5.92 Å². The van der Waals surface area contributed by atoms with Crippen LogP contribution in [0.4, 0.5) is 0 Å². The van der Waals surface area contributed by atoms with Crippen molar-refractivity contribution in [2.75, 3.05) is 13.6 Å². The number of amides is 1. The van der Waals surface area contributed by atoms with Crippen molar-refractivity contribution < 1.29 is 4.79 Å². The quantitative estimate of drug-likeness (QED) is 0.818. The molecule has 1 heterocycles. The summed E-state index contributed by atoms with van der Waals surface area (Å²) in [7, 11) is 2.17. The summed E-state index contributed by atoms with van der Waals surface area (Å²) < 4.78 is 0. The third kappa shape index (κ3) is 5.11. The van der Waals surface area contributed by atoms with Crippen LogP contribution in [0.25, 0.3) is 0 Å². The molecule has 0 aromatic heterocycles. The number of carbonyl (C=O) groups excluding carboxylic acids is 1. The van der Waals surface area contributed by atoms with E-state index in [9.17, 15) is 4.79 Å². The van der Waals surface area contributed by atoms with Crippen molar-refractivity contribution in [1.82, 2.24) is 15.5 Å². The molecule has 1 aliphatic rings. The molecule has 4 unspecified atom stereocenters. The summed E-state index contributed by atoms with van der Waals surface area (Å²) >= 11 is 0. The van der Waals surface area contributed by atoms with Crippen LogP contribution in [-0.4, -0.2) is 48.1 Å². The van der Waals surface area contributed by atoms with E-state index in [1.165, 1.54) is 0 Å². The summed E-state index contributed by atoms with van der Waals surface area (Å²) in [6.07, 6.45) is 1.10. The third-order valence-electron chi connectivity index (χ3n) is 3.97. The third-order valence-corrected chi connectivity index (χ3v) is 3.97. The molecule has 4 atom stereocenters. The minimum Gasteiger partial charge on any atom is -0.350 e. The van der Waals surface area contributed by atoms with Gasteiger partial charge in [0.1, 0.15) is 0 Å². The monoisotopic (exact) mass is 269 g/mol. The van der Waals surface area contributed by atoms with Gasteiger partial charge in [0.15, 0.2) is 0 Å². The number of carbonyl (C=O) groups is 1. The molecule has 0 aromatic carbocycles. The summed E-state index contributed by atoms with van der Waals surface area (Å²) in [5.41, 5.74) is -0.168. The first-order valence-corrected chi connectivity index (χ1v) is 7.38. The van der Waals surface area contributed by atoms with Gasteiger partial charge in [0.05, 0.1) is 6.04 Å². The van der Waals surface area contributed by atoms with Gasteiger partial charge in [0.25, 0.3) is 0 Å². The Hall–Kier alpha value is -0.610. The average Bonchev–Trinajstić information content (AvgIpc) is 2.23. The lowest BCUT2D eigenvalue weighted by Gasteiger charge is -2.41. The lowest BCUT2D eigenvalue weighted by atomic mass is 9.89. The van der Waals surface area contributed by atoms with Crippen molar-refractivity contribution in [3.05, 3.63) is 0 Å². The number of nitrogens with zero attached hydrogens (tertiary/aromatic N) is 1. The first-order valence-electron chi connectivity index (χ1n) is 7.38. The highest BCUT2D eigenvalue weighted by atomic mass is 16.2. The Morgan fingerprint density at radius 1 is 1.32 bits per heavy atom. The fraction of sp³-hybridized carbons (Fsp3) is 0.933. The summed E-state index contributed by atoms with van der Waals surface area (Å²) in [4.78, 5) is 14.5. The second-order valence-corrected chi connectivity index (χ2v) is 7.24. The van der Waals surface area contributed by atoms with E-state index < -0.39 is 0 Å². The topological polar surface area (TPSA) is 44.4 Å². The average molecular weight is 269 g/mol. The Morgan fingerprint density at radius 3 is 2.42 bits per heavy atom. The fourth-order valence-electron chi connectivity index (χ4n) is 2.65. The van der Waals surface area contributed by atoms with E-state index in [0.29, 0.717) is 18.0 Å². The maximum atomic E-state index is 12.1. The van der Waals surface area contributed by atoms with E-state index in [-0.39, 0.29) is 17.5 Å². The normalized spacial score (nSPS) is 31.0. The predicted molar refractivity (Wildman–Crippen MR) is 80.2 cm³/mol. The Morgan fingerprint density at radius 2 is 1.89 bits per heavy atom. The van der Waals surface area contributed by atoms with Crippen molar-refractivity contribution in [2.45, 2.75) is 71.6 Å².